The molecule has 1 rings (SSSR count). The van der Waals surface area contributed by atoms with Crippen LogP contribution < -0.4 is 10.5 Å². The quantitative estimate of drug-likeness (QED) is 0.825. The van der Waals surface area contributed by atoms with Crippen molar-refractivity contribution in [3.05, 3.63) is 29.3 Å². The van der Waals surface area contributed by atoms with Crippen LogP contribution >= 0.6 is 0 Å². The molecule has 1 aromatic carbocycles. The van der Waals surface area contributed by atoms with E-state index in [0.29, 0.717) is 12.6 Å². The van der Waals surface area contributed by atoms with Gasteiger partial charge >= 0.3 is 0 Å². The number of likely N-dealkylation sites (N-methyl/N-ethyl adjacent to an activating group) is 1. The summed E-state index contributed by atoms with van der Waals surface area (Å²) in [6.07, 6.45) is 0. The van der Waals surface area contributed by atoms with Crippen LogP contribution in [0.25, 0.3) is 0 Å². The number of hydrogen-bond donors (Lipinski definition) is 1. The molecule has 0 aliphatic heterocycles. The molecule has 1 aromatic rings. The van der Waals surface area contributed by atoms with Gasteiger partial charge in [0.25, 0.3) is 0 Å². The number of rotatable bonds is 5. The number of aryl methyl sites for hydroxylation is 1. The molecular formula is C13H22N2O. The molecule has 0 fully saturated rings. The molecule has 16 heavy (non-hydrogen) atoms. The molecule has 0 bridgehead atoms. The van der Waals surface area contributed by atoms with Crippen molar-refractivity contribution in [3.8, 4) is 5.75 Å². The molecule has 0 saturated carbocycles. The summed E-state index contributed by atoms with van der Waals surface area (Å²) in [5, 5.41) is 0. The lowest BCUT2D eigenvalue weighted by Crippen LogP contribution is -2.34. The fourth-order valence-electron chi connectivity index (χ4n) is 1.59. The molecule has 90 valence electrons. The van der Waals surface area contributed by atoms with Crippen LogP contribution in [0.1, 0.15) is 18.1 Å². The van der Waals surface area contributed by atoms with E-state index in [0.717, 1.165) is 12.3 Å². The zero-order chi connectivity index (χ0) is 12.1. The van der Waals surface area contributed by atoms with Crippen LogP contribution in [0.15, 0.2) is 18.2 Å². The van der Waals surface area contributed by atoms with Gasteiger partial charge < -0.3 is 10.5 Å². The Kier molecular flexibility index (Phi) is 4.77. The van der Waals surface area contributed by atoms with E-state index in [2.05, 4.69) is 44.0 Å². The van der Waals surface area contributed by atoms with Crippen LogP contribution in [0.3, 0.4) is 0 Å². The number of methoxy groups -OCH3 is 1. The Hall–Kier alpha value is -1.06. The first-order chi connectivity index (χ1) is 7.58. The highest BCUT2D eigenvalue weighted by Gasteiger charge is 2.08. The van der Waals surface area contributed by atoms with Gasteiger partial charge in [-0.15, -0.1) is 0 Å². The van der Waals surface area contributed by atoms with E-state index in [9.17, 15) is 0 Å². The summed E-state index contributed by atoms with van der Waals surface area (Å²) >= 11 is 0. The fourth-order valence-corrected chi connectivity index (χ4v) is 1.59. The Bertz CT molecular complexity index is 339. The van der Waals surface area contributed by atoms with E-state index in [-0.39, 0.29) is 0 Å². The first-order valence-electron chi connectivity index (χ1n) is 5.62. The third-order valence-electron chi connectivity index (χ3n) is 3.00. The standard InChI is InChI=1S/C13H22N2O/c1-10-5-6-12(7-13(10)16-4)9-15(3)11(2)8-14/h5-7,11H,8-9,14H2,1-4H3. The van der Waals surface area contributed by atoms with Gasteiger partial charge in [0.15, 0.2) is 0 Å². The molecule has 0 spiro atoms. The van der Waals surface area contributed by atoms with Crippen molar-refractivity contribution < 1.29 is 4.74 Å². The SMILES string of the molecule is COc1cc(CN(C)C(C)CN)ccc1C. The summed E-state index contributed by atoms with van der Waals surface area (Å²) < 4.78 is 5.31. The minimum absolute atomic E-state index is 0.396. The Morgan fingerprint density at radius 2 is 2.12 bits per heavy atom. The van der Waals surface area contributed by atoms with Gasteiger partial charge in [0, 0.05) is 19.1 Å². The van der Waals surface area contributed by atoms with Crippen LogP contribution in [0, 0.1) is 6.92 Å². The fraction of sp³-hybridized carbons (Fsp3) is 0.538. The smallest absolute Gasteiger partial charge is 0.122 e. The van der Waals surface area contributed by atoms with Crippen molar-refractivity contribution in [1.29, 1.82) is 0 Å². The molecule has 3 heteroatoms. The van der Waals surface area contributed by atoms with E-state index < -0.39 is 0 Å². The third-order valence-corrected chi connectivity index (χ3v) is 3.00. The van der Waals surface area contributed by atoms with Crippen molar-refractivity contribution in [1.82, 2.24) is 4.90 Å². The summed E-state index contributed by atoms with van der Waals surface area (Å²) in [4.78, 5) is 2.24. The largest absolute Gasteiger partial charge is 0.496 e. The number of hydrogen-bond acceptors (Lipinski definition) is 3. The normalized spacial score (nSPS) is 12.9. The Morgan fingerprint density at radius 3 is 2.69 bits per heavy atom. The molecule has 0 aromatic heterocycles. The van der Waals surface area contributed by atoms with Crippen LogP contribution in [0.4, 0.5) is 0 Å². The summed E-state index contributed by atoms with van der Waals surface area (Å²) in [5.74, 6) is 0.950. The highest BCUT2D eigenvalue weighted by molar-refractivity contribution is 5.36. The lowest BCUT2D eigenvalue weighted by molar-refractivity contribution is 0.254. The lowest BCUT2D eigenvalue weighted by Gasteiger charge is -2.23. The predicted molar refractivity (Wildman–Crippen MR) is 67.7 cm³/mol. The second-order valence-electron chi connectivity index (χ2n) is 4.30. The van der Waals surface area contributed by atoms with Gasteiger partial charge in [-0.05, 0) is 38.1 Å². The molecular weight excluding hydrogens is 200 g/mol. The van der Waals surface area contributed by atoms with Crippen LogP contribution in [0.2, 0.25) is 0 Å². The van der Waals surface area contributed by atoms with Crippen LogP contribution in [-0.2, 0) is 6.54 Å². The monoisotopic (exact) mass is 222 g/mol. The van der Waals surface area contributed by atoms with Gasteiger partial charge in [-0.3, -0.25) is 4.90 Å². The van der Waals surface area contributed by atoms with Gasteiger partial charge in [-0.25, -0.2) is 0 Å². The maximum Gasteiger partial charge on any atom is 0.122 e. The van der Waals surface area contributed by atoms with Gasteiger partial charge in [-0.1, -0.05) is 12.1 Å². The van der Waals surface area contributed by atoms with Gasteiger partial charge in [0.2, 0.25) is 0 Å². The molecule has 0 aliphatic carbocycles. The molecule has 0 aliphatic rings. The van der Waals surface area contributed by atoms with E-state index >= 15 is 0 Å². The van der Waals surface area contributed by atoms with E-state index in [4.69, 9.17) is 10.5 Å². The Balaban J connectivity index is 2.74. The number of nitrogens with zero attached hydrogens (tertiary/aromatic N) is 1. The minimum Gasteiger partial charge on any atom is -0.496 e. The highest BCUT2D eigenvalue weighted by Crippen LogP contribution is 2.20. The molecule has 2 N–H and O–H groups in total. The lowest BCUT2D eigenvalue weighted by atomic mass is 10.1. The Labute approximate surface area is 98.2 Å². The maximum atomic E-state index is 5.64. The maximum absolute atomic E-state index is 5.64. The number of benzene rings is 1. The Morgan fingerprint density at radius 1 is 1.44 bits per heavy atom. The summed E-state index contributed by atoms with van der Waals surface area (Å²) in [6.45, 7) is 5.76. The third kappa shape index (κ3) is 3.22. The predicted octanol–water partition coefficient (Wildman–Crippen LogP) is 1.78. The van der Waals surface area contributed by atoms with Crippen LogP contribution in [-0.4, -0.2) is 31.6 Å². The van der Waals surface area contributed by atoms with Gasteiger partial charge in [0.05, 0.1) is 7.11 Å². The average molecular weight is 222 g/mol. The minimum atomic E-state index is 0.396. The van der Waals surface area contributed by atoms with Crippen molar-refractivity contribution >= 4 is 0 Å². The zero-order valence-corrected chi connectivity index (χ0v) is 10.7. The second-order valence-corrected chi connectivity index (χ2v) is 4.30. The first kappa shape index (κ1) is 13.0. The summed E-state index contributed by atoms with van der Waals surface area (Å²) in [6, 6.07) is 6.72. The van der Waals surface area contributed by atoms with Crippen LogP contribution in [0.5, 0.6) is 5.75 Å². The molecule has 0 radical (unpaired) electrons. The first-order valence-corrected chi connectivity index (χ1v) is 5.62. The summed E-state index contributed by atoms with van der Waals surface area (Å²) in [7, 11) is 3.79. The van der Waals surface area contributed by atoms with Crippen molar-refractivity contribution in [2.75, 3.05) is 20.7 Å². The van der Waals surface area contributed by atoms with Gasteiger partial charge in [0.1, 0.15) is 5.75 Å². The number of nitrogens with two attached hydrogens (primary N) is 1. The van der Waals surface area contributed by atoms with Gasteiger partial charge in [-0.2, -0.15) is 0 Å². The van der Waals surface area contributed by atoms with E-state index in [1.165, 1.54) is 11.1 Å². The topological polar surface area (TPSA) is 38.5 Å². The molecule has 0 amide bonds. The van der Waals surface area contributed by atoms with E-state index in [1.54, 1.807) is 7.11 Å². The van der Waals surface area contributed by atoms with Crippen molar-refractivity contribution in [2.24, 2.45) is 5.73 Å². The van der Waals surface area contributed by atoms with Crippen molar-refractivity contribution in [3.63, 3.8) is 0 Å². The highest BCUT2D eigenvalue weighted by atomic mass is 16.5. The zero-order valence-electron chi connectivity index (χ0n) is 10.7. The summed E-state index contributed by atoms with van der Waals surface area (Å²) in [5.41, 5.74) is 8.06. The molecule has 1 unspecified atom stereocenters. The molecule has 0 saturated heterocycles. The molecule has 0 heterocycles. The number of ether oxygens (including phenoxy) is 1. The molecule has 1 atom stereocenters. The average Bonchev–Trinajstić information content (AvgIpc) is 2.30. The van der Waals surface area contributed by atoms with Crippen molar-refractivity contribution in [2.45, 2.75) is 26.4 Å². The van der Waals surface area contributed by atoms with E-state index in [1.807, 2.05) is 0 Å². The second kappa shape index (κ2) is 5.87. The molecule has 3 nitrogen and oxygen atoms in total.